The quantitative estimate of drug-likeness (QED) is 0.790. The molecule has 0 saturated carbocycles. The van der Waals surface area contributed by atoms with Gasteiger partial charge in [-0.1, -0.05) is 6.07 Å². The largest absolute Gasteiger partial charge is 0.449 e. The number of nitrogens with zero attached hydrogens (tertiary/aromatic N) is 2. The number of imidazole rings is 1. The standard InChI is InChI=1S/C10H10F3N3O/c11-10(12,13)9-15-8-6(14)2-1-3-7(8)16(9)4-5-17/h1-3,17H,4-5,14H2. The van der Waals surface area contributed by atoms with E-state index in [4.69, 9.17) is 10.8 Å². The molecule has 7 heteroatoms. The Labute approximate surface area is 94.5 Å². The van der Waals surface area contributed by atoms with Crippen molar-refractivity contribution < 1.29 is 18.3 Å². The fourth-order valence-electron chi connectivity index (χ4n) is 1.71. The van der Waals surface area contributed by atoms with Gasteiger partial charge in [0, 0.05) is 6.54 Å². The Morgan fingerprint density at radius 1 is 1.35 bits per heavy atom. The van der Waals surface area contributed by atoms with Crippen LogP contribution in [0.2, 0.25) is 0 Å². The Bertz CT molecular complexity index is 547. The lowest BCUT2D eigenvalue weighted by atomic mass is 10.3. The highest BCUT2D eigenvalue weighted by Crippen LogP contribution is 2.32. The molecule has 2 rings (SSSR count). The number of benzene rings is 1. The van der Waals surface area contributed by atoms with Crippen molar-refractivity contribution in [1.82, 2.24) is 9.55 Å². The van der Waals surface area contributed by atoms with E-state index in [1.807, 2.05) is 0 Å². The minimum absolute atomic E-state index is 0.105. The van der Waals surface area contributed by atoms with Crippen LogP contribution in [0, 0.1) is 0 Å². The first-order chi connectivity index (χ1) is 7.95. The number of halogens is 3. The van der Waals surface area contributed by atoms with E-state index in [0.717, 1.165) is 4.57 Å². The molecule has 2 aromatic rings. The van der Waals surface area contributed by atoms with Crippen molar-refractivity contribution in [2.24, 2.45) is 0 Å². The Morgan fingerprint density at radius 3 is 2.65 bits per heavy atom. The Balaban J connectivity index is 2.75. The average Bonchev–Trinajstić information content (AvgIpc) is 2.59. The fraction of sp³-hybridized carbons (Fsp3) is 0.300. The van der Waals surface area contributed by atoms with E-state index in [-0.39, 0.29) is 23.3 Å². The predicted octanol–water partition coefficient (Wildman–Crippen LogP) is 1.63. The maximum absolute atomic E-state index is 12.7. The molecule has 0 fully saturated rings. The van der Waals surface area contributed by atoms with Crippen molar-refractivity contribution in [2.45, 2.75) is 12.7 Å². The molecule has 1 heterocycles. The highest BCUT2D eigenvalue weighted by molar-refractivity contribution is 5.87. The number of hydrogen-bond donors (Lipinski definition) is 2. The highest BCUT2D eigenvalue weighted by atomic mass is 19.4. The number of alkyl halides is 3. The van der Waals surface area contributed by atoms with Crippen LogP contribution in [0.25, 0.3) is 11.0 Å². The summed E-state index contributed by atoms with van der Waals surface area (Å²) in [5.74, 6) is -1.04. The van der Waals surface area contributed by atoms with E-state index in [0.29, 0.717) is 0 Å². The van der Waals surface area contributed by atoms with Crippen LogP contribution in [0.15, 0.2) is 18.2 Å². The van der Waals surface area contributed by atoms with E-state index in [1.54, 1.807) is 6.07 Å². The number of rotatable bonds is 2. The Hall–Kier alpha value is -1.76. The van der Waals surface area contributed by atoms with Gasteiger partial charge in [-0.2, -0.15) is 13.2 Å². The zero-order valence-corrected chi connectivity index (χ0v) is 8.70. The lowest BCUT2D eigenvalue weighted by Crippen LogP contribution is -2.16. The number of aliphatic hydroxyl groups excluding tert-OH is 1. The van der Waals surface area contributed by atoms with Crippen LogP contribution in [0.3, 0.4) is 0 Å². The lowest BCUT2D eigenvalue weighted by Gasteiger charge is -2.09. The van der Waals surface area contributed by atoms with Crippen molar-refractivity contribution in [1.29, 1.82) is 0 Å². The van der Waals surface area contributed by atoms with Crippen LogP contribution >= 0.6 is 0 Å². The number of aromatic nitrogens is 2. The summed E-state index contributed by atoms with van der Waals surface area (Å²) in [5.41, 5.74) is 6.13. The van der Waals surface area contributed by atoms with Gasteiger partial charge in [0.25, 0.3) is 0 Å². The van der Waals surface area contributed by atoms with Gasteiger partial charge >= 0.3 is 6.18 Å². The molecule has 17 heavy (non-hydrogen) atoms. The summed E-state index contributed by atoms with van der Waals surface area (Å²) in [6.07, 6.45) is -4.57. The first-order valence-corrected chi connectivity index (χ1v) is 4.88. The molecule has 0 saturated heterocycles. The first-order valence-electron chi connectivity index (χ1n) is 4.88. The van der Waals surface area contributed by atoms with Crippen LogP contribution in [0.5, 0.6) is 0 Å². The van der Waals surface area contributed by atoms with Gasteiger partial charge < -0.3 is 15.4 Å². The molecule has 0 aliphatic rings. The van der Waals surface area contributed by atoms with E-state index >= 15 is 0 Å². The predicted molar refractivity (Wildman–Crippen MR) is 56.2 cm³/mol. The van der Waals surface area contributed by atoms with Crippen molar-refractivity contribution in [3.05, 3.63) is 24.0 Å². The van der Waals surface area contributed by atoms with Gasteiger partial charge in [0.2, 0.25) is 5.82 Å². The number of fused-ring (bicyclic) bond motifs is 1. The second kappa shape index (κ2) is 3.92. The van der Waals surface area contributed by atoms with Gasteiger partial charge in [0.1, 0.15) is 5.52 Å². The third-order valence-corrected chi connectivity index (χ3v) is 2.39. The van der Waals surface area contributed by atoms with Crippen LogP contribution in [-0.2, 0) is 12.7 Å². The van der Waals surface area contributed by atoms with Crippen LogP contribution in [-0.4, -0.2) is 21.3 Å². The summed E-state index contributed by atoms with van der Waals surface area (Å²) in [7, 11) is 0. The molecule has 0 radical (unpaired) electrons. The molecule has 4 nitrogen and oxygen atoms in total. The molecule has 0 amide bonds. The third kappa shape index (κ3) is 1.93. The third-order valence-electron chi connectivity index (χ3n) is 2.39. The summed E-state index contributed by atoms with van der Waals surface area (Å²) in [5, 5.41) is 8.81. The molecular weight excluding hydrogens is 235 g/mol. The van der Waals surface area contributed by atoms with Crippen LogP contribution in [0.4, 0.5) is 18.9 Å². The zero-order chi connectivity index (χ0) is 12.6. The van der Waals surface area contributed by atoms with Crippen LogP contribution < -0.4 is 5.73 Å². The Kier molecular flexibility index (Phi) is 2.70. The first kappa shape index (κ1) is 11.7. The second-order valence-electron chi connectivity index (χ2n) is 3.52. The van der Waals surface area contributed by atoms with Crippen molar-refractivity contribution in [3.8, 4) is 0 Å². The normalized spacial score (nSPS) is 12.2. The number of hydrogen-bond acceptors (Lipinski definition) is 3. The molecule has 0 unspecified atom stereocenters. The summed E-state index contributed by atoms with van der Waals surface area (Å²) < 4.78 is 39.1. The molecule has 1 aromatic carbocycles. The smallest absolute Gasteiger partial charge is 0.397 e. The highest BCUT2D eigenvalue weighted by Gasteiger charge is 2.37. The van der Waals surface area contributed by atoms with E-state index in [2.05, 4.69) is 4.98 Å². The number of para-hydroxylation sites is 1. The lowest BCUT2D eigenvalue weighted by molar-refractivity contribution is -0.147. The molecule has 0 atom stereocenters. The molecular formula is C10H10F3N3O. The van der Waals surface area contributed by atoms with Crippen molar-refractivity contribution >= 4 is 16.7 Å². The average molecular weight is 245 g/mol. The summed E-state index contributed by atoms with van der Waals surface area (Å²) in [6.45, 7) is -0.571. The van der Waals surface area contributed by atoms with E-state index < -0.39 is 18.6 Å². The fourth-order valence-corrected chi connectivity index (χ4v) is 1.71. The van der Waals surface area contributed by atoms with Crippen molar-refractivity contribution in [2.75, 3.05) is 12.3 Å². The molecule has 0 bridgehead atoms. The van der Waals surface area contributed by atoms with Gasteiger partial charge in [0.05, 0.1) is 17.8 Å². The topological polar surface area (TPSA) is 64.1 Å². The molecule has 1 aromatic heterocycles. The SMILES string of the molecule is Nc1cccc2c1nc(C(F)(F)F)n2CCO. The number of nitrogen functional groups attached to an aromatic ring is 1. The zero-order valence-electron chi connectivity index (χ0n) is 8.70. The van der Waals surface area contributed by atoms with Gasteiger partial charge in [-0.15, -0.1) is 0 Å². The van der Waals surface area contributed by atoms with Gasteiger partial charge in [-0.25, -0.2) is 4.98 Å². The van der Waals surface area contributed by atoms with E-state index in [9.17, 15) is 13.2 Å². The molecule has 0 aliphatic carbocycles. The summed E-state index contributed by atoms with van der Waals surface area (Å²) >= 11 is 0. The summed E-state index contributed by atoms with van der Waals surface area (Å²) in [4.78, 5) is 3.50. The summed E-state index contributed by atoms with van der Waals surface area (Å²) in [6, 6.07) is 4.52. The Morgan fingerprint density at radius 2 is 2.06 bits per heavy atom. The van der Waals surface area contributed by atoms with Gasteiger partial charge in [0.15, 0.2) is 0 Å². The monoisotopic (exact) mass is 245 g/mol. The number of aliphatic hydroxyl groups is 1. The maximum Gasteiger partial charge on any atom is 0.449 e. The second-order valence-corrected chi connectivity index (χ2v) is 3.52. The maximum atomic E-state index is 12.7. The van der Waals surface area contributed by atoms with Gasteiger partial charge in [-0.05, 0) is 12.1 Å². The van der Waals surface area contributed by atoms with Gasteiger partial charge in [-0.3, -0.25) is 0 Å². The minimum atomic E-state index is -4.57. The molecule has 0 spiro atoms. The molecule has 0 aliphatic heterocycles. The van der Waals surface area contributed by atoms with Crippen LogP contribution in [0.1, 0.15) is 5.82 Å². The van der Waals surface area contributed by atoms with E-state index in [1.165, 1.54) is 12.1 Å². The molecule has 3 N–H and O–H groups in total. The number of nitrogens with two attached hydrogens (primary N) is 1. The minimum Gasteiger partial charge on any atom is -0.397 e. The number of anilines is 1. The molecule has 92 valence electrons. The van der Waals surface area contributed by atoms with Crippen molar-refractivity contribution in [3.63, 3.8) is 0 Å².